The Morgan fingerprint density at radius 3 is 0.846 bits per heavy atom. The maximum atomic E-state index is 9.00. The van der Waals surface area contributed by atoms with Crippen LogP contribution in [0.3, 0.4) is 0 Å². The first-order chi connectivity index (χ1) is 3.46. The van der Waals surface area contributed by atoms with Crippen molar-refractivity contribution in [2.45, 2.75) is 6.92 Å². The van der Waals surface area contributed by atoms with E-state index in [2.05, 4.69) is 0 Å². The number of carbonyl (C=O) groups is 2. The topological polar surface area (TPSA) is 94.8 Å². The predicted molar refractivity (Wildman–Crippen MR) is 29.7 cm³/mol. The summed E-state index contributed by atoms with van der Waals surface area (Å²) in [7, 11) is 0. The van der Waals surface area contributed by atoms with Crippen LogP contribution in [0.4, 0.5) is 4.79 Å². The first kappa shape index (κ1) is 49.2. The van der Waals surface area contributed by atoms with E-state index < -0.39 is 12.1 Å². The summed E-state index contributed by atoms with van der Waals surface area (Å²) in [5.41, 5.74) is 0. The van der Waals surface area contributed by atoms with E-state index in [1.165, 1.54) is 0 Å². The Morgan fingerprint density at radius 1 is 0.846 bits per heavy atom. The zero-order chi connectivity index (χ0) is 7.15. The molecule has 0 saturated carbocycles. The van der Waals surface area contributed by atoms with Gasteiger partial charge in [-0.05, 0) is 0 Å². The number of carboxylic acids is 1. The second-order valence-corrected chi connectivity index (χ2v) is 0.802. The molecule has 0 atom stereocenters. The molecule has 0 rings (SSSR count). The van der Waals surface area contributed by atoms with E-state index in [1.54, 1.807) is 0 Å². The van der Waals surface area contributed by atoms with Crippen LogP contribution in [0.1, 0.15) is 6.92 Å². The largest absolute Gasteiger partial charge is 4.00 e. The molecule has 80 valence electrons. The Hall–Kier alpha value is 0.699. The van der Waals surface area contributed by atoms with E-state index in [4.69, 9.17) is 24.9 Å². The predicted octanol–water partition coefficient (Wildman–Crippen LogP) is -12.1. The number of aliphatic carboxylic acids is 1. The zero-order valence-corrected chi connectivity index (χ0v) is 12.0. The van der Waals surface area contributed by atoms with E-state index in [-0.39, 0.29) is 73.5 Å². The molecule has 3 N–H and O–H groups in total. The van der Waals surface area contributed by atoms with Crippen molar-refractivity contribution in [2.75, 3.05) is 0 Å². The van der Waals surface area contributed by atoms with E-state index in [0.717, 1.165) is 6.92 Å². The summed E-state index contributed by atoms with van der Waals surface area (Å²) in [5.74, 6) is -0.833. The summed E-state index contributed by atoms with van der Waals surface area (Å²) in [4.78, 5) is 17.6. The fourth-order valence-electron chi connectivity index (χ4n) is 0. The van der Waals surface area contributed by atoms with Gasteiger partial charge in [0.1, 0.15) is 0 Å². The van der Waals surface area contributed by atoms with Crippen molar-refractivity contribution in [1.29, 1.82) is 0 Å². The van der Waals surface area contributed by atoms with Crippen LogP contribution in [0.15, 0.2) is 0 Å². The van der Waals surface area contributed by atoms with Gasteiger partial charge < -0.3 is 64.9 Å². The quantitative estimate of drug-likeness (QED) is 0.362. The van der Waals surface area contributed by atoms with Gasteiger partial charge >= 0.3 is 30.1 Å². The summed E-state index contributed by atoms with van der Waals surface area (Å²) < 4.78 is 0. The molecule has 0 amide bonds. The number of hydrogen-bond donors (Lipinski definition) is 3. The molecule has 0 radical (unpaired) electrons. The number of carboxylic acid groups (broad SMARTS) is 3. The van der Waals surface area contributed by atoms with Crippen LogP contribution in [-0.2, 0) is 4.79 Å². The van der Waals surface area contributed by atoms with Gasteiger partial charge in [0.25, 0.3) is 5.97 Å². The minimum absolute atomic E-state index is 0. The average molecular weight is 383 g/mol. The first-order valence-electron chi connectivity index (χ1n) is 1.58. The molecule has 0 unspecified atom stereocenters. The van der Waals surface area contributed by atoms with Gasteiger partial charge in [-0.2, -0.15) is 0 Å². The molecular formula is C3H6Cl4O5Sn. The van der Waals surface area contributed by atoms with Crippen LogP contribution in [0, 0.1) is 0 Å². The molecule has 5 nitrogen and oxygen atoms in total. The molecule has 0 aromatic rings. The number of halogens is 4. The molecule has 0 aliphatic heterocycles. The average Bonchev–Trinajstić information content (AvgIpc) is 1.25. The monoisotopic (exact) mass is 382 g/mol. The SMILES string of the molecule is CC(=O)O.O=C(O)O.[Cl-].[Cl-].[Cl-].[Cl-].[Sn+4]. The molecule has 0 spiro atoms. The Bertz CT molecular complexity index is 81.8. The van der Waals surface area contributed by atoms with Crippen molar-refractivity contribution in [2.24, 2.45) is 0 Å². The van der Waals surface area contributed by atoms with Crippen LogP contribution < -0.4 is 49.6 Å². The third kappa shape index (κ3) is 2980. The van der Waals surface area contributed by atoms with Crippen molar-refractivity contribution in [3.8, 4) is 0 Å². The molecule has 0 aromatic carbocycles. The summed E-state index contributed by atoms with van der Waals surface area (Å²) in [6.07, 6.45) is -1.83. The van der Waals surface area contributed by atoms with Crippen molar-refractivity contribution in [3.05, 3.63) is 0 Å². The molecule has 13 heavy (non-hydrogen) atoms. The van der Waals surface area contributed by atoms with Crippen LogP contribution in [0.5, 0.6) is 0 Å². The molecule has 0 aliphatic rings. The van der Waals surface area contributed by atoms with Crippen molar-refractivity contribution >= 4 is 36.0 Å². The maximum absolute atomic E-state index is 9.00. The molecule has 0 aliphatic carbocycles. The van der Waals surface area contributed by atoms with Crippen molar-refractivity contribution < 1.29 is 74.5 Å². The standard InChI is InChI=1S/C2H4O2.CH2O3.4ClH.Sn/c1-2(3)4;2-1(3)4;;;;;/h1H3,(H,3,4);(H2,2,3,4);4*1H;/q;;;;;;+4/p-4. The van der Waals surface area contributed by atoms with Gasteiger partial charge in [0.05, 0.1) is 0 Å². The van der Waals surface area contributed by atoms with Crippen LogP contribution >= 0.6 is 0 Å². The fraction of sp³-hybridized carbons (Fsp3) is 0.333. The Morgan fingerprint density at radius 2 is 0.846 bits per heavy atom. The normalized spacial score (nSPS) is 3.77. The second-order valence-electron chi connectivity index (χ2n) is 0.802. The van der Waals surface area contributed by atoms with Gasteiger partial charge in [-0.3, -0.25) is 4.79 Å². The van der Waals surface area contributed by atoms with Gasteiger partial charge in [-0.1, -0.05) is 0 Å². The smallest absolute Gasteiger partial charge is 1.00 e. The Kier molecular flexibility index (Phi) is 147. The summed E-state index contributed by atoms with van der Waals surface area (Å²) in [6, 6.07) is 0. The minimum atomic E-state index is -1.83. The van der Waals surface area contributed by atoms with Gasteiger partial charge in [0.15, 0.2) is 0 Å². The Balaban J connectivity index is -0.00000000800. The molecule has 0 heterocycles. The molecule has 0 aromatic heterocycles. The van der Waals surface area contributed by atoms with Crippen LogP contribution in [0.2, 0.25) is 0 Å². The van der Waals surface area contributed by atoms with E-state index in [9.17, 15) is 0 Å². The van der Waals surface area contributed by atoms with Crippen LogP contribution in [0.25, 0.3) is 0 Å². The van der Waals surface area contributed by atoms with Gasteiger partial charge in [-0.15, -0.1) is 0 Å². The minimum Gasteiger partial charge on any atom is -1.00 e. The number of rotatable bonds is 0. The molecule has 0 bridgehead atoms. The molecule has 0 saturated heterocycles. The summed E-state index contributed by atoms with van der Waals surface area (Å²) >= 11 is 0. The van der Waals surface area contributed by atoms with Gasteiger partial charge in [0.2, 0.25) is 0 Å². The van der Waals surface area contributed by atoms with Gasteiger partial charge in [-0.25, -0.2) is 4.79 Å². The number of hydrogen-bond acceptors (Lipinski definition) is 2. The van der Waals surface area contributed by atoms with Crippen molar-refractivity contribution in [3.63, 3.8) is 0 Å². The molecular weight excluding hydrogens is 377 g/mol. The molecule has 10 heteroatoms. The van der Waals surface area contributed by atoms with Crippen molar-refractivity contribution in [1.82, 2.24) is 0 Å². The first-order valence-corrected chi connectivity index (χ1v) is 1.58. The zero-order valence-electron chi connectivity index (χ0n) is 6.17. The molecule has 0 fully saturated rings. The van der Waals surface area contributed by atoms with Crippen LogP contribution in [-0.4, -0.2) is 51.4 Å². The summed E-state index contributed by atoms with van der Waals surface area (Å²) in [6.45, 7) is 1.08. The van der Waals surface area contributed by atoms with E-state index in [1.807, 2.05) is 0 Å². The van der Waals surface area contributed by atoms with Gasteiger partial charge in [0, 0.05) is 6.92 Å². The Labute approximate surface area is 117 Å². The maximum Gasteiger partial charge on any atom is 4.00 e. The third-order valence-electron chi connectivity index (χ3n) is 0. The third-order valence-corrected chi connectivity index (χ3v) is 0. The van der Waals surface area contributed by atoms with E-state index in [0.29, 0.717) is 0 Å². The summed E-state index contributed by atoms with van der Waals surface area (Å²) in [5, 5.41) is 21.4. The second kappa shape index (κ2) is 38.7. The van der Waals surface area contributed by atoms with E-state index >= 15 is 0 Å². The fourth-order valence-corrected chi connectivity index (χ4v) is 0.